The van der Waals surface area contributed by atoms with Gasteiger partial charge in [0.2, 0.25) is 0 Å². The van der Waals surface area contributed by atoms with E-state index in [0.29, 0.717) is 5.56 Å². The van der Waals surface area contributed by atoms with Gasteiger partial charge in [0.15, 0.2) is 11.6 Å². The maximum Gasteiger partial charge on any atom is 0.199 e. The average Bonchev–Trinajstić information content (AvgIpc) is 2.71. The summed E-state index contributed by atoms with van der Waals surface area (Å²) in [4.78, 5) is 14.9. The number of nitrogens with one attached hydrogen (secondary N) is 1. The van der Waals surface area contributed by atoms with Crippen LogP contribution >= 0.6 is 23.2 Å². The van der Waals surface area contributed by atoms with Crippen LogP contribution in [-0.4, -0.2) is 10.8 Å². The third-order valence-corrected chi connectivity index (χ3v) is 2.97. The molecule has 0 amide bonds. The van der Waals surface area contributed by atoms with Gasteiger partial charge in [0.25, 0.3) is 0 Å². The van der Waals surface area contributed by atoms with Gasteiger partial charge in [-0.2, -0.15) is 0 Å². The molecule has 5 heteroatoms. The molecule has 0 aliphatic rings. The number of H-pyrrole nitrogens is 1. The van der Waals surface area contributed by atoms with Crippen LogP contribution < -0.4 is 0 Å². The molecule has 1 N–H and O–H groups in total. The highest BCUT2D eigenvalue weighted by Crippen LogP contribution is 2.27. The topological polar surface area (TPSA) is 32.9 Å². The van der Waals surface area contributed by atoms with E-state index in [9.17, 15) is 9.18 Å². The number of rotatable bonds is 2. The fourth-order valence-electron chi connectivity index (χ4n) is 1.52. The Hall–Kier alpha value is -1.32. The molecule has 0 fully saturated rings. The first-order valence-electron chi connectivity index (χ1n) is 4.84. The van der Waals surface area contributed by atoms with Gasteiger partial charge < -0.3 is 4.98 Å². The average molecular weight is 272 g/mol. The normalized spacial score (nSPS) is 10.6. The van der Waals surface area contributed by atoms with E-state index in [2.05, 4.69) is 4.98 Å². The standard InChI is InChI=1S/C12H8Cl2FNO/c1-6-4-7(5-16-6)12(17)10-8(13)2-3-9(14)11(10)15/h2-5,16H,1H3. The van der Waals surface area contributed by atoms with Gasteiger partial charge in [0, 0.05) is 17.5 Å². The largest absolute Gasteiger partial charge is 0.364 e. The van der Waals surface area contributed by atoms with Crippen LogP contribution in [0.2, 0.25) is 10.0 Å². The van der Waals surface area contributed by atoms with Crippen molar-refractivity contribution >= 4 is 29.0 Å². The summed E-state index contributed by atoms with van der Waals surface area (Å²) < 4.78 is 13.8. The van der Waals surface area contributed by atoms with E-state index in [1.165, 1.54) is 18.3 Å². The minimum absolute atomic E-state index is 0.0516. The van der Waals surface area contributed by atoms with Gasteiger partial charge in [-0.25, -0.2) is 4.39 Å². The van der Waals surface area contributed by atoms with Crippen molar-refractivity contribution in [2.45, 2.75) is 6.92 Å². The molecule has 2 aromatic rings. The SMILES string of the molecule is Cc1cc(C(=O)c2c(Cl)ccc(Cl)c2F)c[nH]1. The molecule has 0 aliphatic carbocycles. The minimum Gasteiger partial charge on any atom is -0.364 e. The Morgan fingerprint density at radius 2 is 1.94 bits per heavy atom. The quantitative estimate of drug-likeness (QED) is 0.650. The molecule has 1 aromatic carbocycles. The number of aromatic amines is 1. The van der Waals surface area contributed by atoms with E-state index < -0.39 is 11.6 Å². The van der Waals surface area contributed by atoms with E-state index >= 15 is 0 Å². The smallest absolute Gasteiger partial charge is 0.199 e. The number of hydrogen-bond donors (Lipinski definition) is 1. The van der Waals surface area contributed by atoms with Crippen molar-refractivity contribution in [3.05, 3.63) is 57.1 Å². The molecule has 17 heavy (non-hydrogen) atoms. The summed E-state index contributed by atoms with van der Waals surface area (Å²) in [5.41, 5.74) is 0.968. The van der Waals surface area contributed by atoms with E-state index in [0.717, 1.165) is 5.69 Å². The first-order valence-corrected chi connectivity index (χ1v) is 5.59. The number of ketones is 1. The molecule has 0 bridgehead atoms. The van der Waals surface area contributed by atoms with Gasteiger partial charge in [-0.15, -0.1) is 0 Å². The van der Waals surface area contributed by atoms with Crippen LogP contribution in [0.15, 0.2) is 24.4 Å². The van der Waals surface area contributed by atoms with Crippen LogP contribution in [0.5, 0.6) is 0 Å². The summed E-state index contributed by atoms with van der Waals surface area (Å²) in [6.07, 6.45) is 1.51. The maximum absolute atomic E-state index is 13.8. The molecule has 0 spiro atoms. The summed E-state index contributed by atoms with van der Waals surface area (Å²) in [5.74, 6) is -1.28. The van der Waals surface area contributed by atoms with E-state index in [1.54, 1.807) is 13.0 Å². The van der Waals surface area contributed by atoms with Crippen molar-refractivity contribution in [3.8, 4) is 0 Å². The number of aromatic nitrogens is 1. The van der Waals surface area contributed by atoms with Crippen LogP contribution in [-0.2, 0) is 0 Å². The number of aryl methyl sites for hydroxylation is 1. The minimum atomic E-state index is -0.789. The second kappa shape index (κ2) is 4.51. The fourth-order valence-corrected chi connectivity index (χ4v) is 1.91. The number of carbonyl (C=O) groups excluding carboxylic acids is 1. The second-order valence-corrected chi connectivity index (χ2v) is 4.43. The van der Waals surface area contributed by atoms with Crippen LogP contribution in [0.3, 0.4) is 0 Å². The second-order valence-electron chi connectivity index (χ2n) is 3.62. The molecule has 0 unspecified atom stereocenters. The van der Waals surface area contributed by atoms with Gasteiger partial charge in [-0.3, -0.25) is 4.79 Å². The van der Waals surface area contributed by atoms with E-state index in [-0.39, 0.29) is 15.6 Å². The van der Waals surface area contributed by atoms with Crippen molar-refractivity contribution in [1.82, 2.24) is 4.98 Å². The van der Waals surface area contributed by atoms with E-state index in [4.69, 9.17) is 23.2 Å². The van der Waals surface area contributed by atoms with Gasteiger partial charge in [-0.05, 0) is 25.1 Å². The fraction of sp³-hybridized carbons (Fsp3) is 0.0833. The molecule has 0 atom stereocenters. The number of hydrogen-bond acceptors (Lipinski definition) is 1. The van der Waals surface area contributed by atoms with Crippen molar-refractivity contribution in [2.75, 3.05) is 0 Å². The lowest BCUT2D eigenvalue weighted by molar-refractivity contribution is 0.103. The molecule has 0 saturated heterocycles. The number of benzene rings is 1. The monoisotopic (exact) mass is 271 g/mol. The highest BCUT2D eigenvalue weighted by molar-refractivity contribution is 6.36. The predicted octanol–water partition coefficient (Wildman–Crippen LogP) is 4.00. The first-order chi connectivity index (χ1) is 8.00. The zero-order chi connectivity index (χ0) is 12.6. The summed E-state index contributed by atoms with van der Waals surface area (Å²) >= 11 is 11.5. The number of halogens is 3. The molecular formula is C12H8Cl2FNO. The molecular weight excluding hydrogens is 264 g/mol. The van der Waals surface area contributed by atoms with Gasteiger partial charge in [-0.1, -0.05) is 23.2 Å². The molecule has 2 nitrogen and oxygen atoms in total. The zero-order valence-electron chi connectivity index (χ0n) is 8.85. The van der Waals surface area contributed by atoms with Crippen molar-refractivity contribution in [3.63, 3.8) is 0 Å². The lowest BCUT2D eigenvalue weighted by Gasteiger charge is -2.04. The maximum atomic E-state index is 13.8. The summed E-state index contributed by atoms with van der Waals surface area (Å²) in [5, 5.41) is -0.0687. The Morgan fingerprint density at radius 3 is 2.53 bits per heavy atom. The molecule has 2 rings (SSSR count). The molecule has 0 saturated carbocycles. The third kappa shape index (κ3) is 2.21. The third-order valence-electron chi connectivity index (χ3n) is 2.36. The van der Waals surface area contributed by atoms with Crippen molar-refractivity contribution in [2.24, 2.45) is 0 Å². The van der Waals surface area contributed by atoms with Crippen LogP contribution in [0.25, 0.3) is 0 Å². The Labute approximate surface area is 107 Å². The highest BCUT2D eigenvalue weighted by Gasteiger charge is 2.20. The van der Waals surface area contributed by atoms with Crippen LogP contribution in [0, 0.1) is 12.7 Å². The van der Waals surface area contributed by atoms with Crippen LogP contribution in [0.4, 0.5) is 4.39 Å². The van der Waals surface area contributed by atoms with Crippen LogP contribution in [0.1, 0.15) is 21.6 Å². The number of carbonyl (C=O) groups is 1. The Kier molecular flexibility index (Phi) is 3.22. The zero-order valence-corrected chi connectivity index (χ0v) is 10.4. The first kappa shape index (κ1) is 12.1. The van der Waals surface area contributed by atoms with Gasteiger partial charge in [0.1, 0.15) is 0 Å². The summed E-state index contributed by atoms with van der Waals surface area (Å²) in [6.45, 7) is 1.80. The van der Waals surface area contributed by atoms with E-state index in [1.807, 2.05) is 0 Å². The lowest BCUT2D eigenvalue weighted by Crippen LogP contribution is -2.04. The molecule has 88 valence electrons. The Balaban J connectivity index is 2.54. The molecule has 0 radical (unpaired) electrons. The summed E-state index contributed by atoms with van der Waals surface area (Å²) in [6, 6.07) is 4.34. The Morgan fingerprint density at radius 1 is 1.29 bits per heavy atom. The molecule has 1 aromatic heterocycles. The van der Waals surface area contributed by atoms with Crippen molar-refractivity contribution in [1.29, 1.82) is 0 Å². The van der Waals surface area contributed by atoms with Gasteiger partial charge >= 0.3 is 0 Å². The lowest BCUT2D eigenvalue weighted by atomic mass is 10.1. The molecule has 1 heterocycles. The summed E-state index contributed by atoms with van der Waals surface area (Å²) in [7, 11) is 0. The van der Waals surface area contributed by atoms with Crippen molar-refractivity contribution < 1.29 is 9.18 Å². The Bertz CT molecular complexity index is 592. The molecule has 0 aliphatic heterocycles. The predicted molar refractivity (Wildman–Crippen MR) is 65.4 cm³/mol. The van der Waals surface area contributed by atoms with Gasteiger partial charge in [0.05, 0.1) is 15.6 Å². The highest BCUT2D eigenvalue weighted by atomic mass is 35.5.